The molecule has 4 nitrogen and oxygen atoms in total. The van der Waals surface area contributed by atoms with Gasteiger partial charge in [0, 0.05) is 18.2 Å². The van der Waals surface area contributed by atoms with Gasteiger partial charge in [0.1, 0.15) is 13.2 Å². The maximum Gasteiger partial charge on any atom is 0.163 e. The molecule has 2 atom stereocenters. The third-order valence-corrected chi connectivity index (χ3v) is 4.42. The highest BCUT2D eigenvalue weighted by molar-refractivity contribution is 5.72. The number of rotatable bonds is 2. The smallest absolute Gasteiger partial charge is 0.163 e. The van der Waals surface area contributed by atoms with Crippen LogP contribution < -0.4 is 20.5 Å². The molecule has 4 heteroatoms. The van der Waals surface area contributed by atoms with E-state index in [1.54, 1.807) is 0 Å². The Labute approximate surface area is 120 Å². The van der Waals surface area contributed by atoms with Crippen LogP contribution in [0.15, 0.2) is 12.1 Å². The molecule has 1 heterocycles. The van der Waals surface area contributed by atoms with Crippen LogP contribution in [0.2, 0.25) is 0 Å². The summed E-state index contributed by atoms with van der Waals surface area (Å²) in [4.78, 5) is 0. The third kappa shape index (κ3) is 2.79. The van der Waals surface area contributed by atoms with Crippen LogP contribution in [0.1, 0.15) is 39.0 Å². The van der Waals surface area contributed by atoms with Gasteiger partial charge in [-0.3, -0.25) is 0 Å². The van der Waals surface area contributed by atoms with Crippen molar-refractivity contribution >= 4 is 11.4 Å². The lowest BCUT2D eigenvalue weighted by Gasteiger charge is -2.26. The van der Waals surface area contributed by atoms with Crippen molar-refractivity contribution in [2.24, 2.45) is 5.92 Å². The van der Waals surface area contributed by atoms with Gasteiger partial charge in [-0.1, -0.05) is 26.2 Å². The Bertz CT molecular complexity index is 476. The van der Waals surface area contributed by atoms with Crippen molar-refractivity contribution in [3.05, 3.63) is 12.1 Å². The molecule has 2 aliphatic rings. The monoisotopic (exact) mass is 276 g/mol. The first kappa shape index (κ1) is 13.4. The average Bonchev–Trinajstić information content (AvgIpc) is 2.65. The molecule has 0 saturated heterocycles. The van der Waals surface area contributed by atoms with Crippen LogP contribution in [-0.4, -0.2) is 19.3 Å². The maximum absolute atomic E-state index is 6.15. The molecular weight excluding hydrogens is 252 g/mol. The summed E-state index contributed by atoms with van der Waals surface area (Å²) in [5.74, 6) is 2.24. The van der Waals surface area contributed by atoms with Gasteiger partial charge >= 0.3 is 0 Å². The van der Waals surface area contributed by atoms with Crippen LogP contribution in [0.3, 0.4) is 0 Å². The highest BCUT2D eigenvalue weighted by atomic mass is 16.6. The van der Waals surface area contributed by atoms with Gasteiger partial charge in [-0.2, -0.15) is 0 Å². The molecule has 3 rings (SSSR count). The Morgan fingerprint density at radius 1 is 1.05 bits per heavy atom. The number of nitrogens with two attached hydrogens (primary N) is 1. The van der Waals surface area contributed by atoms with Gasteiger partial charge in [-0.15, -0.1) is 0 Å². The summed E-state index contributed by atoms with van der Waals surface area (Å²) in [6.45, 7) is 3.53. The summed E-state index contributed by atoms with van der Waals surface area (Å²) in [7, 11) is 0. The summed E-state index contributed by atoms with van der Waals surface area (Å²) < 4.78 is 11.2. The van der Waals surface area contributed by atoms with Gasteiger partial charge in [-0.05, 0) is 18.8 Å². The fourth-order valence-corrected chi connectivity index (χ4v) is 3.14. The third-order valence-electron chi connectivity index (χ3n) is 4.42. The van der Waals surface area contributed by atoms with E-state index in [4.69, 9.17) is 15.2 Å². The fraction of sp³-hybridized carbons (Fsp3) is 0.625. The molecule has 1 aliphatic carbocycles. The number of benzene rings is 1. The van der Waals surface area contributed by atoms with E-state index in [0.717, 1.165) is 22.9 Å². The van der Waals surface area contributed by atoms with Crippen LogP contribution in [0, 0.1) is 5.92 Å². The highest BCUT2D eigenvalue weighted by Gasteiger charge is 2.22. The molecule has 1 aliphatic heterocycles. The van der Waals surface area contributed by atoms with Gasteiger partial charge in [0.05, 0.1) is 11.4 Å². The zero-order valence-electron chi connectivity index (χ0n) is 12.2. The molecule has 1 saturated carbocycles. The number of hydrogen-bond acceptors (Lipinski definition) is 4. The predicted molar refractivity (Wildman–Crippen MR) is 81.5 cm³/mol. The topological polar surface area (TPSA) is 56.5 Å². The second kappa shape index (κ2) is 5.81. The van der Waals surface area contributed by atoms with E-state index in [0.29, 0.717) is 25.2 Å². The van der Waals surface area contributed by atoms with Gasteiger partial charge in [0.15, 0.2) is 11.5 Å². The molecule has 0 amide bonds. The van der Waals surface area contributed by atoms with Crippen molar-refractivity contribution in [1.82, 2.24) is 0 Å². The summed E-state index contributed by atoms with van der Waals surface area (Å²) in [5, 5.41) is 3.63. The molecule has 0 bridgehead atoms. The van der Waals surface area contributed by atoms with Gasteiger partial charge < -0.3 is 20.5 Å². The van der Waals surface area contributed by atoms with E-state index >= 15 is 0 Å². The molecular formula is C16H24N2O2. The first-order valence-electron chi connectivity index (χ1n) is 7.69. The molecule has 0 aromatic heterocycles. The zero-order chi connectivity index (χ0) is 13.9. The molecule has 0 radical (unpaired) electrons. The van der Waals surface area contributed by atoms with Crippen LogP contribution in [0.5, 0.6) is 11.5 Å². The summed E-state index contributed by atoms with van der Waals surface area (Å²) in [6.07, 6.45) is 6.50. The Morgan fingerprint density at radius 2 is 1.75 bits per heavy atom. The van der Waals surface area contributed by atoms with E-state index in [1.807, 2.05) is 12.1 Å². The normalized spacial score (nSPS) is 25.9. The van der Waals surface area contributed by atoms with Crippen molar-refractivity contribution < 1.29 is 9.47 Å². The second-order valence-electron chi connectivity index (χ2n) is 5.95. The minimum Gasteiger partial charge on any atom is -0.486 e. The van der Waals surface area contributed by atoms with Crippen LogP contribution in [0.4, 0.5) is 11.4 Å². The number of hydrogen-bond donors (Lipinski definition) is 2. The van der Waals surface area contributed by atoms with Crippen LogP contribution in [0.25, 0.3) is 0 Å². The Morgan fingerprint density at radius 3 is 2.55 bits per heavy atom. The zero-order valence-corrected chi connectivity index (χ0v) is 12.2. The molecule has 20 heavy (non-hydrogen) atoms. The summed E-state index contributed by atoms with van der Waals surface area (Å²) >= 11 is 0. The molecule has 2 unspecified atom stereocenters. The van der Waals surface area contributed by atoms with Crippen molar-refractivity contribution in [2.45, 2.75) is 45.1 Å². The SMILES string of the molecule is CC1CCCCCC1Nc1cc2c(cc1N)OCCO2. The molecule has 1 aromatic carbocycles. The first-order valence-corrected chi connectivity index (χ1v) is 7.69. The van der Waals surface area contributed by atoms with Crippen LogP contribution in [-0.2, 0) is 0 Å². The van der Waals surface area contributed by atoms with E-state index in [9.17, 15) is 0 Å². The lowest BCUT2D eigenvalue weighted by Crippen LogP contribution is -2.27. The minimum atomic E-state index is 0.502. The number of anilines is 2. The van der Waals surface area contributed by atoms with E-state index in [-0.39, 0.29) is 0 Å². The molecule has 0 spiro atoms. The van der Waals surface area contributed by atoms with Gasteiger partial charge in [-0.25, -0.2) is 0 Å². The molecule has 110 valence electrons. The Kier molecular flexibility index (Phi) is 3.90. The first-order chi connectivity index (χ1) is 9.74. The van der Waals surface area contributed by atoms with E-state index < -0.39 is 0 Å². The number of nitrogens with one attached hydrogen (secondary N) is 1. The van der Waals surface area contributed by atoms with Gasteiger partial charge in [0.2, 0.25) is 0 Å². The summed E-state index contributed by atoms with van der Waals surface area (Å²) in [6, 6.07) is 4.36. The average molecular weight is 276 g/mol. The number of ether oxygens (including phenoxy) is 2. The summed E-state index contributed by atoms with van der Waals surface area (Å²) in [5.41, 5.74) is 7.87. The van der Waals surface area contributed by atoms with Crippen LogP contribution >= 0.6 is 0 Å². The molecule has 1 aromatic rings. The Hall–Kier alpha value is -1.58. The van der Waals surface area contributed by atoms with Crippen molar-refractivity contribution in [3.63, 3.8) is 0 Å². The minimum absolute atomic E-state index is 0.502. The van der Waals surface area contributed by atoms with Gasteiger partial charge in [0.25, 0.3) is 0 Å². The number of nitrogen functional groups attached to an aromatic ring is 1. The largest absolute Gasteiger partial charge is 0.486 e. The quantitative estimate of drug-likeness (QED) is 0.642. The lowest BCUT2D eigenvalue weighted by molar-refractivity contribution is 0.172. The maximum atomic E-state index is 6.15. The predicted octanol–water partition coefficient (Wildman–Crippen LogP) is 3.42. The number of fused-ring (bicyclic) bond motifs is 1. The lowest BCUT2D eigenvalue weighted by atomic mass is 9.96. The Balaban J connectivity index is 1.79. The standard InChI is InChI=1S/C16H24N2O2/c1-11-5-3-2-4-6-13(11)18-14-10-16-15(9-12(14)17)19-7-8-20-16/h9-11,13,18H,2-8,17H2,1H3. The fourth-order valence-electron chi connectivity index (χ4n) is 3.14. The van der Waals surface area contributed by atoms with Crippen molar-refractivity contribution in [3.8, 4) is 11.5 Å². The molecule has 3 N–H and O–H groups in total. The van der Waals surface area contributed by atoms with E-state index in [1.165, 1.54) is 32.1 Å². The second-order valence-corrected chi connectivity index (χ2v) is 5.95. The van der Waals surface area contributed by atoms with Crippen molar-refractivity contribution in [2.75, 3.05) is 24.3 Å². The van der Waals surface area contributed by atoms with Crippen molar-refractivity contribution in [1.29, 1.82) is 0 Å². The highest BCUT2D eigenvalue weighted by Crippen LogP contribution is 2.38. The van der Waals surface area contributed by atoms with E-state index in [2.05, 4.69) is 12.2 Å². The molecule has 1 fully saturated rings.